The van der Waals surface area contributed by atoms with Gasteiger partial charge in [0.2, 0.25) is 0 Å². The van der Waals surface area contributed by atoms with Gasteiger partial charge in [0.25, 0.3) is 0 Å². The van der Waals surface area contributed by atoms with Crippen molar-refractivity contribution in [1.82, 2.24) is 4.90 Å². The molecule has 0 bridgehead atoms. The minimum absolute atomic E-state index is 0.722. The van der Waals surface area contributed by atoms with Crippen LogP contribution in [0.5, 0.6) is 0 Å². The highest BCUT2D eigenvalue weighted by molar-refractivity contribution is 5.78. The second kappa shape index (κ2) is 6.64. The number of hydrogen-bond acceptors (Lipinski definition) is 2. The largest absolute Gasteiger partial charge is 0.377 e. The average Bonchev–Trinajstić information content (AvgIpc) is 2.66. The number of nitrogens with two attached hydrogens (primary N) is 1. The van der Waals surface area contributed by atoms with Gasteiger partial charge >= 0.3 is 0 Å². The summed E-state index contributed by atoms with van der Waals surface area (Å²) >= 11 is 0. The van der Waals surface area contributed by atoms with Crippen molar-refractivity contribution < 1.29 is 4.74 Å². The number of nitrogens with zero attached hydrogens (tertiary/aromatic N) is 2. The van der Waals surface area contributed by atoms with E-state index in [1.165, 1.54) is 31.3 Å². The van der Waals surface area contributed by atoms with Gasteiger partial charge < -0.3 is 15.4 Å². The van der Waals surface area contributed by atoms with Crippen LogP contribution in [0.2, 0.25) is 0 Å². The smallest absolute Gasteiger partial charge is 0.191 e. The summed E-state index contributed by atoms with van der Waals surface area (Å²) in [7, 11) is 0. The highest BCUT2D eigenvalue weighted by Crippen LogP contribution is 2.10. The summed E-state index contributed by atoms with van der Waals surface area (Å²) in [6, 6.07) is 0. The van der Waals surface area contributed by atoms with Crippen LogP contribution in [0.15, 0.2) is 16.6 Å². The summed E-state index contributed by atoms with van der Waals surface area (Å²) in [5.74, 6) is 0.722. The van der Waals surface area contributed by atoms with Crippen molar-refractivity contribution >= 4 is 5.96 Å². The molecule has 1 fully saturated rings. The van der Waals surface area contributed by atoms with Gasteiger partial charge in [-0.3, -0.25) is 0 Å². The van der Waals surface area contributed by atoms with Gasteiger partial charge in [-0.1, -0.05) is 18.9 Å². The quantitative estimate of drug-likeness (QED) is 0.450. The van der Waals surface area contributed by atoms with E-state index in [0.717, 1.165) is 45.2 Å². The summed E-state index contributed by atoms with van der Waals surface area (Å²) < 4.78 is 5.27. The molecule has 17 heavy (non-hydrogen) atoms. The molecule has 0 saturated carbocycles. The van der Waals surface area contributed by atoms with Crippen molar-refractivity contribution in [3.8, 4) is 0 Å². The van der Waals surface area contributed by atoms with Crippen molar-refractivity contribution in [2.45, 2.75) is 32.1 Å². The van der Waals surface area contributed by atoms with E-state index < -0.39 is 0 Å². The molecule has 96 valence electrons. The lowest BCUT2D eigenvalue weighted by atomic mass is 10.1. The fraction of sp³-hybridized carbons (Fsp3) is 0.769. The fourth-order valence-electron chi connectivity index (χ4n) is 2.29. The van der Waals surface area contributed by atoms with Crippen molar-refractivity contribution in [2.75, 3.05) is 32.8 Å². The van der Waals surface area contributed by atoms with Crippen molar-refractivity contribution in [3.63, 3.8) is 0 Å². The molecule has 0 aromatic carbocycles. The topological polar surface area (TPSA) is 50.9 Å². The van der Waals surface area contributed by atoms with Gasteiger partial charge in [-0.2, -0.15) is 0 Å². The molecule has 0 radical (unpaired) electrons. The zero-order valence-electron chi connectivity index (χ0n) is 10.5. The molecule has 2 heterocycles. The van der Waals surface area contributed by atoms with Gasteiger partial charge in [0.15, 0.2) is 5.96 Å². The van der Waals surface area contributed by atoms with Gasteiger partial charge in [-0.05, 0) is 24.8 Å². The highest BCUT2D eigenvalue weighted by Gasteiger charge is 2.11. The lowest BCUT2D eigenvalue weighted by Crippen LogP contribution is -2.38. The molecule has 0 amide bonds. The molecule has 0 aromatic heterocycles. The Morgan fingerprint density at radius 2 is 2.06 bits per heavy atom. The Morgan fingerprint density at radius 3 is 2.71 bits per heavy atom. The van der Waals surface area contributed by atoms with Crippen molar-refractivity contribution in [3.05, 3.63) is 11.6 Å². The Labute approximate surface area is 104 Å². The van der Waals surface area contributed by atoms with E-state index in [-0.39, 0.29) is 0 Å². The van der Waals surface area contributed by atoms with Crippen LogP contribution in [-0.2, 0) is 4.74 Å². The third kappa shape index (κ3) is 4.04. The molecule has 0 spiro atoms. The van der Waals surface area contributed by atoms with E-state index in [4.69, 9.17) is 10.5 Å². The number of guanidine groups is 1. The molecule has 0 aliphatic carbocycles. The number of aliphatic imine (C=N–C) groups is 1. The minimum atomic E-state index is 0.722. The van der Waals surface area contributed by atoms with Crippen LogP contribution in [0.3, 0.4) is 0 Å². The summed E-state index contributed by atoms with van der Waals surface area (Å²) in [5, 5.41) is 0. The third-order valence-corrected chi connectivity index (χ3v) is 3.43. The third-order valence-electron chi connectivity index (χ3n) is 3.43. The molecule has 1 saturated heterocycles. The predicted molar refractivity (Wildman–Crippen MR) is 70.0 cm³/mol. The van der Waals surface area contributed by atoms with Gasteiger partial charge in [-0.25, -0.2) is 4.99 Å². The second-order valence-electron chi connectivity index (χ2n) is 4.76. The van der Waals surface area contributed by atoms with Crippen LogP contribution in [0.1, 0.15) is 32.1 Å². The van der Waals surface area contributed by atoms with Crippen LogP contribution in [-0.4, -0.2) is 43.7 Å². The maximum atomic E-state index is 6.05. The lowest BCUT2D eigenvalue weighted by Gasteiger charge is -2.21. The van der Waals surface area contributed by atoms with Crippen LogP contribution in [0.25, 0.3) is 0 Å². The van der Waals surface area contributed by atoms with Gasteiger partial charge in [0, 0.05) is 13.1 Å². The molecular weight excluding hydrogens is 214 g/mol. The molecule has 0 aromatic rings. The zero-order chi connectivity index (χ0) is 11.9. The van der Waals surface area contributed by atoms with E-state index in [2.05, 4.69) is 16.0 Å². The van der Waals surface area contributed by atoms with Crippen molar-refractivity contribution in [1.29, 1.82) is 0 Å². The summed E-state index contributed by atoms with van der Waals surface area (Å²) in [4.78, 5) is 6.74. The number of rotatable bonds is 2. The van der Waals surface area contributed by atoms with Crippen LogP contribution in [0.4, 0.5) is 0 Å². The Hall–Kier alpha value is -1.03. The Kier molecular flexibility index (Phi) is 4.86. The van der Waals surface area contributed by atoms with E-state index in [1.54, 1.807) is 0 Å². The maximum Gasteiger partial charge on any atom is 0.191 e. The second-order valence-corrected chi connectivity index (χ2v) is 4.76. The first kappa shape index (κ1) is 12.4. The van der Waals surface area contributed by atoms with E-state index >= 15 is 0 Å². The Morgan fingerprint density at radius 1 is 1.29 bits per heavy atom. The molecule has 0 atom stereocenters. The Bertz CT molecular complexity index is 291. The number of hydrogen-bond donors (Lipinski definition) is 1. The zero-order valence-corrected chi connectivity index (χ0v) is 10.5. The maximum absolute atomic E-state index is 6.05. The van der Waals surface area contributed by atoms with Gasteiger partial charge in [0.1, 0.15) is 0 Å². The minimum Gasteiger partial charge on any atom is -0.377 e. The normalized spacial score (nSPS) is 23.2. The van der Waals surface area contributed by atoms with Crippen LogP contribution in [0, 0.1) is 0 Å². The van der Waals surface area contributed by atoms with Gasteiger partial charge in [0.05, 0.1) is 19.8 Å². The van der Waals surface area contributed by atoms with Crippen molar-refractivity contribution in [2.24, 2.45) is 10.7 Å². The first-order valence-corrected chi connectivity index (χ1v) is 6.67. The molecule has 4 heteroatoms. The van der Waals surface area contributed by atoms with E-state index in [9.17, 15) is 0 Å². The van der Waals surface area contributed by atoms with E-state index in [1.807, 2.05) is 0 Å². The first-order valence-electron chi connectivity index (χ1n) is 6.67. The highest BCUT2D eigenvalue weighted by atomic mass is 16.5. The van der Waals surface area contributed by atoms with Crippen LogP contribution >= 0.6 is 0 Å². The SMILES string of the molecule is NC(=NCC1=CCOCC1)N1CCCCCC1. The monoisotopic (exact) mass is 237 g/mol. The summed E-state index contributed by atoms with van der Waals surface area (Å²) in [5.41, 5.74) is 7.41. The molecule has 0 unspecified atom stereocenters. The number of ether oxygens (including phenoxy) is 1. The molecule has 2 aliphatic heterocycles. The molecule has 2 aliphatic rings. The average molecular weight is 237 g/mol. The van der Waals surface area contributed by atoms with E-state index in [0.29, 0.717) is 0 Å². The first-order chi connectivity index (χ1) is 8.36. The van der Waals surface area contributed by atoms with Gasteiger partial charge in [-0.15, -0.1) is 0 Å². The molecule has 4 nitrogen and oxygen atoms in total. The molecule has 2 rings (SSSR count). The summed E-state index contributed by atoms with van der Waals surface area (Å²) in [6.45, 7) is 4.43. The molecular formula is C13H23N3O. The van der Waals surface area contributed by atoms with Crippen LogP contribution < -0.4 is 5.73 Å². The number of likely N-dealkylation sites (tertiary alicyclic amines) is 1. The standard InChI is InChI=1S/C13H23N3O/c14-13(16-7-3-1-2-4-8-16)15-11-12-5-9-17-10-6-12/h5H,1-4,6-11H2,(H2,14,15). The Balaban J connectivity index is 1.84. The summed E-state index contributed by atoms with van der Waals surface area (Å²) in [6.07, 6.45) is 8.26. The lowest BCUT2D eigenvalue weighted by molar-refractivity contribution is 0.154. The fourth-order valence-corrected chi connectivity index (χ4v) is 2.29. The molecule has 2 N–H and O–H groups in total. The predicted octanol–water partition coefficient (Wildman–Crippen LogP) is 1.52.